The molecule has 5 rings (SSSR count). The Bertz CT molecular complexity index is 1200. The molecule has 1 aliphatic carbocycles. The van der Waals surface area contributed by atoms with Crippen molar-refractivity contribution in [3.63, 3.8) is 0 Å². The van der Waals surface area contributed by atoms with Crippen molar-refractivity contribution in [1.82, 2.24) is 20.1 Å². The summed E-state index contributed by atoms with van der Waals surface area (Å²) in [5, 5.41) is 7.97. The van der Waals surface area contributed by atoms with Crippen molar-refractivity contribution in [3.05, 3.63) is 95.9 Å². The Kier molecular flexibility index (Phi) is 5.79. The summed E-state index contributed by atoms with van der Waals surface area (Å²) in [7, 11) is 0. The number of amides is 1. The second-order valence-corrected chi connectivity index (χ2v) is 8.14. The molecule has 2 aromatic heterocycles. The lowest BCUT2D eigenvalue weighted by atomic mass is 9.94. The van der Waals surface area contributed by atoms with Crippen LogP contribution in [0.4, 0.5) is 0 Å². The molecule has 0 spiro atoms. The Morgan fingerprint density at radius 2 is 1.56 bits per heavy atom. The molecule has 2 aromatic carbocycles. The fourth-order valence-corrected chi connectivity index (χ4v) is 4.42. The maximum Gasteiger partial charge on any atom is 0.251 e. The predicted octanol–water partition coefficient (Wildman–Crippen LogP) is 4.92. The first-order valence-corrected chi connectivity index (χ1v) is 11.2. The number of fused-ring (bicyclic) bond motifs is 1. The second-order valence-electron chi connectivity index (χ2n) is 8.14. The molecule has 0 fully saturated rings. The van der Waals surface area contributed by atoms with Gasteiger partial charge in [-0.15, -0.1) is 0 Å². The molecule has 0 aliphatic heterocycles. The lowest BCUT2D eigenvalue weighted by molar-refractivity contribution is 0.0952. The van der Waals surface area contributed by atoms with E-state index in [-0.39, 0.29) is 5.91 Å². The summed E-state index contributed by atoms with van der Waals surface area (Å²) in [5.41, 5.74) is 7.76. The van der Waals surface area contributed by atoms with Crippen LogP contribution in [0, 0.1) is 0 Å². The van der Waals surface area contributed by atoms with Crippen LogP contribution < -0.4 is 5.32 Å². The highest BCUT2D eigenvalue weighted by Gasteiger charge is 2.21. The Morgan fingerprint density at radius 1 is 0.844 bits per heavy atom. The summed E-state index contributed by atoms with van der Waals surface area (Å²) in [6, 6.07) is 22.0. The van der Waals surface area contributed by atoms with Crippen LogP contribution in [0.15, 0.2) is 79.1 Å². The smallest absolute Gasteiger partial charge is 0.251 e. The van der Waals surface area contributed by atoms with Crippen LogP contribution in [0.3, 0.4) is 0 Å². The van der Waals surface area contributed by atoms with Crippen molar-refractivity contribution in [1.29, 1.82) is 0 Å². The van der Waals surface area contributed by atoms with E-state index in [2.05, 4.69) is 27.1 Å². The first kappa shape index (κ1) is 20.2. The number of pyridine rings is 1. The molecule has 0 saturated carbocycles. The minimum absolute atomic E-state index is 0.0556. The van der Waals surface area contributed by atoms with Crippen LogP contribution >= 0.6 is 0 Å². The van der Waals surface area contributed by atoms with E-state index in [0.29, 0.717) is 18.7 Å². The predicted molar refractivity (Wildman–Crippen MR) is 126 cm³/mol. The summed E-state index contributed by atoms with van der Waals surface area (Å²) in [6.45, 7) is 1.21. The Labute approximate surface area is 188 Å². The SMILES string of the molecule is O=C(NCCn1nc(-c2ccncc2)c2c1CCCC2)c1ccc(-c2ccccc2)cc1. The molecule has 0 unspecified atom stereocenters. The average Bonchev–Trinajstić information content (AvgIpc) is 3.24. The molecule has 160 valence electrons. The maximum absolute atomic E-state index is 12.7. The van der Waals surface area contributed by atoms with Gasteiger partial charge in [-0.3, -0.25) is 14.5 Å². The van der Waals surface area contributed by atoms with Gasteiger partial charge < -0.3 is 5.32 Å². The van der Waals surface area contributed by atoms with E-state index in [0.717, 1.165) is 35.2 Å². The van der Waals surface area contributed by atoms with E-state index in [4.69, 9.17) is 5.10 Å². The highest BCUT2D eigenvalue weighted by molar-refractivity contribution is 5.94. The van der Waals surface area contributed by atoms with Gasteiger partial charge in [0.2, 0.25) is 0 Å². The minimum Gasteiger partial charge on any atom is -0.350 e. The van der Waals surface area contributed by atoms with E-state index >= 15 is 0 Å². The third kappa shape index (κ3) is 4.19. The van der Waals surface area contributed by atoms with E-state index < -0.39 is 0 Å². The fourth-order valence-electron chi connectivity index (χ4n) is 4.42. The summed E-state index contributed by atoms with van der Waals surface area (Å²) in [5.74, 6) is -0.0556. The highest BCUT2D eigenvalue weighted by atomic mass is 16.1. The zero-order valence-corrected chi connectivity index (χ0v) is 18.0. The van der Waals surface area contributed by atoms with E-state index in [9.17, 15) is 4.79 Å². The number of hydrogen-bond acceptors (Lipinski definition) is 3. The molecule has 1 amide bonds. The standard InChI is InChI=1S/C27H26N4O/c32-27(23-12-10-21(11-13-23)20-6-2-1-3-7-20)29-18-19-31-25-9-5-4-8-24(25)26(30-31)22-14-16-28-17-15-22/h1-3,6-7,10-17H,4-5,8-9,18-19H2,(H,29,32). The number of nitrogens with one attached hydrogen (secondary N) is 1. The van der Waals surface area contributed by atoms with Gasteiger partial charge in [-0.05, 0) is 61.1 Å². The van der Waals surface area contributed by atoms with Crippen LogP contribution in [0.2, 0.25) is 0 Å². The molecule has 0 atom stereocenters. The second kappa shape index (κ2) is 9.18. The lowest BCUT2D eigenvalue weighted by Crippen LogP contribution is -2.28. The molecular formula is C27H26N4O. The normalized spacial score (nSPS) is 12.9. The van der Waals surface area contributed by atoms with Crippen molar-refractivity contribution in [2.75, 3.05) is 6.54 Å². The molecule has 32 heavy (non-hydrogen) atoms. The summed E-state index contributed by atoms with van der Waals surface area (Å²) < 4.78 is 2.09. The van der Waals surface area contributed by atoms with E-state index in [1.165, 1.54) is 24.1 Å². The molecule has 1 N–H and O–H groups in total. The van der Waals surface area contributed by atoms with Crippen LogP contribution in [-0.4, -0.2) is 27.2 Å². The van der Waals surface area contributed by atoms with Gasteiger partial charge in [0.25, 0.3) is 5.91 Å². The Balaban J connectivity index is 1.26. The number of carbonyl (C=O) groups excluding carboxylic acids is 1. The molecular weight excluding hydrogens is 396 g/mol. The number of benzene rings is 2. The van der Waals surface area contributed by atoms with Gasteiger partial charge in [0.1, 0.15) is 0 Å². The molecule has 4 aromatic rings. The third-order valence-electron chi connectivity index (χ3n) is 6.07. The Hall–Kier alpha value is -3.73. The topological polar surface area (TPSA) is 59.8 Å². The van der Waals surface area contributed by atoms with Gasteiger partial charge in [-0.2, -0.15) is 5.10 Å². The molecule has 0 saturated heterocycles. The molecule has 2 heterocycles. The monoisotopic (exact) mass is 422 g/mol. The fraction of sp³-hybridized carbons (Fsp3) is 0.222. The number of rotatable bonds is 6. The largest absolute Gasteiger partial charge is 0.350 e. The maximum atomic E-state index is 12.7. The lowest BCUT2D eigenvalue weighted by Gasteiger charge is -2.14. The van der Waals surface area contributed by atoms with Gasteiger partial charge in [0.15, 0.2) is 0 Å². The van der Waals surface area contributed by atoms with Crippen molar-refractivity contribution < 1.29 is 4.79 Å². The number of aromatic nitrogens is 3. The van der Waals surface area contributed by atoms with Crippen LogP contribution in [0.25, 0.3) is 22.4 Å². The Morgan fingerprint density at radius 3 is 2.34 bits per heavy atom. The van der Waals surface area contributed by atoms with Gasteiger partial charge >= 0.3 is 0 Å². The van der Waals surface area contributed by atoms with Gasteiger partial charge in [-0.1, -0.05) is 42.5 Å². The summed E-state index contributed by atoms with van der Waals surface area (Å²) in [6.07, 6.45) is 8.12. The zero-order valence-electron chi connectivity index (χ0n) is 18.0. The summed E-state index contributed by atoms with van der Waals surface area (Å²) in [4.78, 5) is 16.8. The van der Waals surface area contributed by atoms with Crippen molar-refractivity contribution in [2.24, 2.45) is 0 Å². The zero-order chi connectivity index (χ0) is 21.8. The van der Waals surface area contributed by atoms with E-state index in [1.54, 1.807) is 0 Å². The molecule has 1 aliphatic rings. The highest BCUT2D eigenvalue weighted by Crippen LogP contribution is 2.30. The summed E-state index contributed by atoms with van der Waals surface area (Å²) >= 11 is 0. The van der Waals surface area contributed by atoms with Crippen molar-refractivity contribution >= 4 is 5.91 Å². The molecule has 5 heteroatoms. The van der Waals surface area contributed by atoms with Crippen LogP contribution in [-0.2, 0) is 19.4 Å². The number of hydrogen-bond donors (Lipinski definition) is 1. The van der Waals surface area contributed by atoms with E-state index in [1.807, 2.05) is 67.0 Å². The number of carbonyl (C=O) groups is 1. The minimum atomic E-state index is -0.0556. The third-order valence-corrected chi connectivity index (χ3v) is 6.07. The van der Waals surface area contributed by atoms with Crippen molar-refractivity contribution in [3.8, 4) is 22.4 Å². The molecule has 5 nitrogen and oxygen atoms in total. The van der Waals surface area contributed by atoms with Gasteiger partial charge in [0, 0.05) is 41.3 Å². The van der Waals surface area contributed by atoms with Gasteiger partial charge in [0.05, 0.1) is 12.2 Å². The first-order valence-electron chi connectivity index (χ1n) is 11.2. The van der Waals surface area contributed by atoms with Crippen molar-refractivity contribution in [2.45, 2.75) is 32.2 Å². The van der Waals surface area contributed by atoms with Gasteiger partial charge in [-0.25, -0.2) is 0 Å². The first-order chi connectivity index (χ1) is 15.8. The van der Waals surface area contributed by atoms with Crippen LogP contribution in [0.5, 0.6) is 0 Å². The van der Waals surface area contributed by atoms with Crippen LogP contribution in [0.1, 0.15) is 34.5 Å². The average molecular weight is 423 g/mol. The quantitative estimate of drug-likeness (QED) is 0.480. The molecule has 0 bridgehead atoms. The molecule has 0 radical (unpaired) electrons. The number of nitrogens with zero attached hydrogens (tertiary/aromatic N) is 3.